The minimum atomic E-state index is -0.211. The fourth-order valence-electron chi connectivity index (χ4n) is 4.14. The SMILES string of the molecule is COc1ccc(Cn2cc(C(=O)NNC(=S)NC3CCCCC3)c3ccccc32)cc1. The van der Waals surface area contributed by atoms with E-state index in [1.54, 1.807) is 7.11 Å². The van der Waals surface area contributed by atoms with Crippen molar-refractivity contribution < 1.29 is 9.53 Å². The fourth-order valence-corrected chi connectivity index (χ4v) is 4.35. The Balaban J connectivity index is 1.45. The molecule has 6 nitrogen and oxygen atoms in total. The Hall–Kier alpha value is -3.06. The van der Waals surface area contributed by atoms with E-state index in [2.05, 4.69) is 20.7 Å². The van der Waals surface area contributed by atoms with Crippen LogP contribution in [0.1, 0.15) is 48.0 Å². The lowest BCUT2D eigenvalue weighted by Gasteiger charge is -2.24. The number of ether oxygens (including phenoxy) is 1. The van der Waals surface area contributed by atoms with Gasteiger partial charge in [-0.1, -0.05) is 49.6 Å². The van der Waals surface area contributed by atoms with Crippen molar-refractivity contribution in [2.75, 3.05) is 7.11 Å². The molecule has 3 aromatic rings. The zero-order valence-electron chi connectivity index (χ0n) is 17.7. The van der Waals surface area contributed by atoms with Crippen LogP contribution in [0.15, 0.2) is 54.7 Å². The highest BCUT2D eigenvalue weighted by atomic mass is 32.1. The maximum Gasteiger partial charge on any atom is 0.271 e. The molecule has 0 aliphatic heterocycles. The number of nitrogens with zero attached hydrogens (tertiary/aromatic N) is 1. The van der Waals surface area contributed by atoms with Gasteiger partial charge in [0, 0.05) is 29.7 Å². The third-order valence-electron chi connectivity index (χ3n) is 5.78. The van der Waals surface area contributed by atoms with Crippen LogP contribution >= 0.6 is 12.2 Å². The van der Waals surface area contributed by atoms with Gasteiger partial charge >= 0.3 is 0 Å². The van der Waals surface area contributed by atoms with Crippen LogP contribution in [-0.4, -0.2) is 28.7 Å². The summed E-state index contributed by atoms with van der Waals surface area (Å²) in [5.41, 5.74) is 8.36. The number of carbonyl (C=O) groups excluding carboxylic acids is 1. The number of hydrazine groups is 1. The predicted molar refractivity (Wildman–Crippen MR) is 127 cm³/mol. The minimum absolute atomic E-state index is 0.211. The molecule has 4 rings (SSSR count). The first-order chi connectivity index (χ1) is 15.1. The normalized spacial score (nSPS) is 14.2. The molecule has 1 aromatic heterocycles. The number of benzene rings is 2. The highest BCUT2D eigenvalue weighted by Crippen LogP contribution is 2.23. The average Bonchev–Trinajstić information content (AvgIpc) is 3.17. The summed E-state index contributed by atoms with van der Waals surface area (Å²) in [7, 11) is 1.66. The van der Waals surface area contributed by atoms with Crippen molar-refractivity contribution in [3.05, 3.63) is 65.9 Å². The molecule has 0 spiro atoms. The molecule has 0 saturated heterocycles. The molecule has 1 aliphatic carbocycles. The number of nitrogens with one attached hydrogen (secondary N) is 3. The second-order valence-electron chi connectivity index (χ2n) is 7.92. The Bertz CT molecular complexity index is 1060. The van der Waals surface area contributed by atoms with Gasteiger partial charge in [0.05, 0.1) is 12.7 Å². The number of amides is 1. The highest BCUT2D eigenvalue weighted by molar-refractivity contribution is 7.80. The van der Waals surface area contributed by atoms with Gasteiger partial charge in [-0.2, -0.15) is 0 Å². The molecule has 0 atom stereocenters. The number of aromatic nitrogens is 1. The second-order valence-corrected chi connectivity index (χ2v) is 8.33. The van der Waals surface area contributed by atoms with E-state index in [9.17, 15) is 4.79 Å². The summed E-state index contributed by atoms with van der Waals surface area (Å²) >= 11 is 5.36. The lowest BCUT2D eigenvalue weighted by Crippen LogP contribution is -2.50. The van der Waals surface area contributed by atoms with Crippen molar-refractivity contribution in [3.63, 3.8) is 0 Å². The number of fused-ring (bicyclic) bond motifs is 1. The van der Waals surface area contributed by atoms with Crippen molar-refractivity contribution in [1.82, 2.24) is 20.7 Å². The van der Waals surface area contributed by atoms with Gasteiger partial charge in [0.2, 0.25) is 0 Å². The maximum atomic E-state index is 12.9. The van der Waals surface area contributed by atoms with Gasteiger partial charge in [-0.15, -0.1) is 0 Å². The van der Waals surface area contributed by atoms with E-state index in [1.165, 1.54) is 19.3 Å². The largest absolute Gasteiger partial charge is 0.497 e. The molecule has 162 valence electrons. The number of hydrogen-bond acceptors (Lipinski definition) is 3. The molecule has 31 heavy (non-hydrogen) atoms. The highest BCUT2D eigenvalue weighted by Gasteiger charge is 2.17. The van der Waals surface area contributed by atoms with E-state index in [1.807, 2.05) is 54.7 Å². The summed E-state index contributed by atoms with van der Waals surface area (Å²) in [6.45, 7) is 0.660. The Morgan fingerprint density at radius 3 is 2.55 bits per heavy atom. The first-order valence-corrected chi connectivity index (χ1v) is 11.1. The summed E-state index contributed by atoms with van der Waals surface area (Å²) in [5, 5.41) is 4.66. The molecule has 3 N–H and O–H groups in total. The summed E-state index contributed by atoms with van der Waals surface area (Å²) in [6.07, 6.45) is 7.86. The molecule has 1 heterocycles. The second kappa shape index (κ2) is 9.83. The van der Waals surface area contributed by atoms with Crippen LogP contribution in [0.2, 0.25) is 0 Å². The number of thiocarbonyl (C=S) groups is 1. The summed E-state index contributed by atoms with van der Waals surface area (Å²) in [5.74, 6) is 0.613. The first-order valence-electron chi connectivity index (χ1n) is 10.7. The third kappa shape index (κ3) is 5.17. The number of carbonyl (C=O) groups is 1. The van der Waals surface area contributed by atoms with Crippen LogP contribution < -0.4 is 20.9 Å². The van der Waals surface area contributed by atoms with Gasteiger partial charge in [-0.05, 0) is 48.8 Å². The summed E-state index contributed by atoms with van der Waals surface area (Å²) < 4.78 is 7.32. The molecular weight excluding hydrogens is 408 g/mol. The van der Waals surface area contributed by atoms with Gasteiger partial charge in [0.15, 0.2) is 5.11 Å². The van der Waals surface area contributed by atoms with Crippen LogP contribution in [0, 0.1) is 0 Å². The van der Waals surface area contributed by atoms with Crippen LogP contribution in [0.4, 0.5) is 0 Å². The average molecular weight is 437 g/mol. The molecule has 0 radical (unpaired) electrons. The Morgan fingerprint density at radius 2 is 1.81 bits per heavy atom. The minimum Gasteiger partial charge on any atom is -0.497 e. The predicted octanol–water partition coefficient (Wildman–Crippen LogP) is 4.14. The zero-order valence-corrected chi connectivity index (χ0v) is 18.5. The van der Waals surface area contributed by atoms with Crippen molar-refractivity contribution >= 4 is 34.1 Å². The molecule has 2 aromatic carbocycles. The number of para-hydroxylation sites is 1. The van der Waals surface area contributed by atoms with Crippen molar-refractivity contribution in [1.29, 1.82) is 0 Å². The lowest BCUT2D eigenvalue weighted by atomic mass is 9.96. The van der Waals surface area contributed by atoms with E-state index in [-0.39, 0.29) is 5.91 Å². The van der Waals surface area contributed by atoms with E-state index < -0.39 is 0 Å². The number of methoxy groups -OCH3 is 1. The molecule has 0 bridgehead atoms. The van der Waals surface area contributed by atoms with E-state index in [4.69, 9.17) is 17.0 Å². The molecule has 1 saturated carbocycles. The van der Waals surface area contributed by atoms with Gasteiger partial charge in [-0.25, -0.2) is 0 Å². The van der Waals surface area contributed by atoms with Crippen molar-refractivity contribution in [3.8, 4) is 5.75 Å². The maximum absolute atomic E-state index is 12.9. The van der Waals surface area contributed by atoms with Gasteiger partial charge in [0.25, 0.3) is 5.91 Å². The molecule has 0 unspecified atom stereocenters. The van der Waals surface area contributed by atoms with Crippen molar-refractivity contribution in [2.45, 2.75) is 44.7 Å². The molecule has 7 heteroatoms. The molecular formula is C24H28N4O2S. The standard InChI is InChI=1S/C24H28N4O2S/c1-30-19-13-11-17(12-14-19)15-28-16-21(20-9-5-6-10-22(20)28)23(29)26-27-24(31)25-18-7-3-2-4-8-18/h5-6,9-14,16,18H,2-4,7-8,15H2,1H3,(H,26,29)(H2,25,27,31). The van der Waals surface area contributed by atoms with Gasteiger partial charge in [0.1, 0.15) is 5.75 Å². The summed E-state index contributed by atoms with van der Waals surface area (Å²) in [6, 6.07) is 16.3. The van der Waals surface area contributed by atoms with Crippen molar-refractivity contribution in [2.24, 2.45) is 0 Å². The quantitative estimate of drug-likeness (QED) is 0.414. The third-order valence-corrected chi connectivity index (χ3v) is 6.00. The van der Waals surface area contributed by atoms with Crippen LogP contribution in [0.25, 0.3) is 10.9 Å². The fraction of sp³-hybridized carbons (Fsp3) is 0.333. The Labute approximate surface area is 187 Å². The Kier molecular flexibility index (Phi) is 6.72. The van der Waals surface area contributed by atoms with E-state index in [0.717, 1.165) is 35.1 Å². The number of hydrogen-bond donors (Lipinski definition) is 3. The molecule has 1 aliphatic rings. The van der Waals surface area contributed by atoms with E-state index >= 15 is 0 Å². The van der Waals surface area contributed by atoms with E-state index in [0.29, 0.717) is 23.3 Å². The Morgan fingerprint density at radius 1 is 1.06 bits per heavy atom. The van der Waals surface area contributed by atoms with Crippen LogP contribution in [-0.2, 0) is 6.54 Å². The molecule has 1 amide bonds. The lowest BCUT2D eigenvalue weighted by molar-refractivity contribution is 0.0945. The first kappa shape index (κ1) is 21.2. The zero-order chi connectivity index (χ0) is 21.6. The van der Waals surface area contributed by atoms with Gasteiger partial charge < -0.3 is 14.6 Å². The molecule has 1 fully saturated rings. The van der Waals surface area contributed by atoms with Crippen LogP contribution in [0.5, 0.6) is 5.75 Å². The number of rotatable bonds is 5. The topological polar surface area (TPSA) is 67.3 Å². The van der Waals surface area contributed by atoms with Gasteiger partial charge in [-0.3, -0.25) is 15.6 Å². The summed E-state index contributed by atoms with van der Waals surface area (Å²) in [4.78, 5) is 12.9. The smallest absolute Gasteiger partial charge is 0.271 e. The monoisotopic (exact) mass is 436 g/mol. The van der Waals surface area contributed by atoms with Crippen LogP contribution in [0.3, 0.4) is 0 Å².